The number of nitrogen functional groups attached to an aromatic ring is 1. The van der Waals surface area contributed by atoms with Crippen molar-refractivity contribution in [3.63, 3.8) is 0 Å². The third-order valence-corrected chi connectivity index (χ3v) is 3.03. The van der Waals surface area contributed by atoms with Gasteiger partial charge in [-0.3, -0.25) is 4.79 Å². The van der Waals surface area contributed by atoms with Crippen LogP contribution in [-0.2, 0) is 0 Å². The van der Waals surface area contributed by atoms with Gasteiger partial charge in [0.15, 0.2) is 0 Å². The van der Waals surface area contributed by atoms with Crippen molar-refractivity contribution in [2.75, 3.05) is 11.1 Å². The molecule has 0 aliphatic heterocycles. The van der Waals surface area contributed by atoms with Crippen LogP contribution in [0.5, 0.6) is 0 Å². The lowest BCUT2D eigenvalue weighted by molar-refractivity contribution is 0.100. The van der Waals surface area contributed by atoms with Crippen molar-refractivity contribution >= 4 is 23.0 Å². The lowest BCUT2D eigenvalue weighted by atomic mass is 10.1. The zero-order valence-corrected chi connectivity index (χ0v) is 11.0. The molecule has 0 aliphatic carbocycles. The topological polar surface area (TPSA) is 105 Å². The van der Waals surface area contributed by atoms with Crippen LogP contribution in [0, 0.1) is 18.3 Å². The average molecular weight is 266 g/mol. The van der Waals surface area contributed by atoms with Crippen molar-refractivity contribution in [1.82, 2.24) is 0 Å². The Labute approximate surface area is 116 Å². The first-order chi connectivity index (χ1) is 9.54. The van der Waals surface area contributed by atoms with E-state index in [4.69, 9.17) is 11.5 Å². The number of nitrogens with two attached hydrogens (primary N) is 2. The highest BCUT2D eigenvalue weighted by molar-refractivity contribution is 6.01. The quantitative estimate of drug-likeness (QED) is 0.741. The van der Waals surface area contributed by atoms with Gasteiger partial charge >= 0.3 is 0 Å². The maximum Gasteiger partial charge on any atom is 0.250 e. The molecular weight excluding hydrogens is 252 g/mol. The fourth-order valence-corrected chi connectivity index (χ4v) is 1.95. The number of rotatable bonds is 3. The van der Waals surface area contributed by atoms with Gasteiger partial charge in [-0.2, -0.15) is 5.26 Å². The second kappa shape index (κ2) is 5.33. The standard InChI is InChI=1S/C15H14N4O/c1-9-4-2-6-12(11(9)8-16)19-13-7-3-5-10(14(13)17)15(18)20/h2-7,19H,17H2,1H3,(H2,18,20). The molecule has 0 aromatic heterocycles. The largest absolute Gasteiger partial charge is 0.396 e. The number of carbonyl (C=O) groups excluding carboxylic acids is 1. The molecule has 100 valence electrons. The summed E-state index contributed by atoms with van der Waals surface area (Å²) in [6, 6.07) is 12.6. The Morgan fingerprint density at radius 1 is 1.20 bits per heavy atom. The minimum atomic E-state index is -0.587. The Bertz CT molecular complexity index is 716. The van der Waals surface area contributed by atoms with Gasteiger partial charge in [0.1, 0.15) is 6.07 Å². The molecule has 2 aromatic rings. The second-order valence-corrected chi connectivity index (χ2v) is 4.37. The van der Waals surface area contributed by atoms with Crippen molar-refractivity contribution in [2.24, 2.45) is 5.73 Å². The molecule has 0 bridgehead atoms. The summed E-state index contributed by atoms with van der Waals surface area (Å²) in [4.78, 5) is 11.3. The normalized spacial score (nSPS) is 9.80. The summed E-state index contributed by atoms with van der Waals surface area (Å²) >= 11 is 0. The van der Waals surface area contributed by atoms with E-state index in [-0.39, 0.29) is 11.3 Å². The molecule has 0 saturated heterocycles. The molecule has 2 aromatic carbocycles. The number of amides is 1. The van der Waals surface area contributed by atoms with Crippen LogP contribution in [0.3, 0.4) is 0 Å². The van der Waals surface area contributed by atoms with Gasteiger partial charge in [0.2, 0.25) is 0 Å². The monoisotopic (exact) mass is 266 g/mol. The van der Waals surface area contributed by atoms with Crippen LogP contribution in [0.4, 0.5) is 17.1 Å². The average Bonchev–Trinajstić information content (AvgIpc) is 2.41. The second-order valence-electron chi connectivity index (χ2n) is 4.37. The fourth-order valence-electron chi connectivity index (χ4n) is 1.95. The molecular formula is C15H14N4O. The van der Waals surface area contributed by atoms with Crippen molar-refractivity contribution < 1.29 is 4.79 Å². The lowest BCUT2D eigenvalue weighted by Gasteiger charge is -2.13. The van der Waals surface area contributed by atoms with Crippen LogP contribution in [-0.4, -0.2) is 5.91 Å². The number of hydrogen-bond acceptors (Lipinski definition) is 4. The number of aryl methyl sites for hydroxylation is 1. The van der Waals surface area contributed by atoms with E-state index >= 15 is 0 Å². The number of benzene rings is 2. The van der Waals surface area contributed by atoms with Gasteiger partial charge in [-0.1, -0.05) is 18.2 Å². The molecule has 20 heavy (non-hydrogen) atoms. The first-order valence-electron chi connectivity index (χ1n) is 5.99. The molecule has 5 heteroatoms. The molecule has 2 rings (SSSR count). The molecule has 5 N–H and O–H groups in total. The molecule has 0 aliphatic rings. The van der Waals surface area contributed by atoms with E-state index in [2.05, 4.69) is 11.4 Å². The maximum atomic E-state index is 11.3. The third kappa shape index (κ3) is 2.40. The van der Waals surface area contributed by atoms with Crippen LogP contribution in [0.15, 0.2) is 36.4 Å². The van der Waals surface area contributed by atoms with Gasteiger partial charge in [0, 0.05) is 0 Å². The van der Waals surface area contributed by atoms with Crippen molar-refractivity contribution in [3.8, 4) is 6.07 Å². The molecule has 0 saturated carbocycles. The summed E-state index contributed by atoms with van der Waals surface area (Å²) in [6.45, 7) is 1.85. The number of primary amides is 1. The Balaban J connectivity index is 2.47. The minimum Gasteiger partial charge on any atom is -0.396 e. The number of anilines is 3. The van der Waals surface area contributed by atoms with E-state index in [1.165, 1.54) is 0 Å². The molecule has 0 atom stereocenters. The zero-order valence-electron chi connectivity index (χ0n) is 11.0. The van der Waals surface area contributed by atoms with Crippen molar-refractivity contribution in [1.29, 1.82) is 5.26 Å². The van der Waals surface area contributed by atoms with Crippen LogP contribution < -0.4 is 16.8 Å². The number of nitrogens with zero attached hydrogens (tertiary/aromatic N) is 1. The zero-order chi connectivity index (χ0) is 14.7. The summed E-state index contributed by atoms with van der Waals surface area (Å²) in [6.07, 6.45) is 0. The molecule has 1 amide bonds. The predicted molar refractivity (Wildman–Crippen MR) is 78.5 cm³/mol. The van der Waals surface area contributed by atoms with Gasteiger partial charge < -0.3 is 16.8 Å². The molecule has 0 unspecified atom stereocenters. The third-order valence-electron chi connectivity index (χ3n) is 3.03. The molecule has 0 spiro atoms. The summed E-state index contributed by atoms with van der Waals surface area (Å²) in [5, 5.41) is 12.3. The molecule has 0 radical (unpaired) electrons. The van der Waals surface area contributed by atoms with Crippen LogP contribution >= 0.6 is 0 Å². The van der Waals surface area contributed by atoms with Gasteiger partial charge in [-0.25, -0.2) is 0 Å². The summed E-state index contributed by atoms with van der Waals surface area (Å²) < 4.78 is 0. The predicted octanol–water partition coefficient (Wildman–Crippen LogP) is 2.29. The first kappa shape index (κ1) is 13.4. The SMILES string of the molecule is Cc1cccc(Nc2cccc(C(N)=O)c2N)c1C#N. The van der Waals surface area contributed by atoms with Crippen molar-refractivity contribution in [3.05, 3.63) is 53.1 Å². The lowest BCUT2D eigenvalue weighted by Crippen LogP contribution is -2.14. The highest BCUT2D eigenvalue weighted by Crippen LogP contribution is 2.28. The highest BCUT2D eigenvalue weighted by Gasteiger charge is 2.11. The van der Waals surface area contributed by atoms with Crippen LogP contribution in [0.1, 0.15) is 21.5 Å². The van der Waals surface area contributed by atoms with E-state index in [1.54, 1.807) is 24.3 Å². The Morgan fingerprint density at radius 2 is 1.85 bits per heavy atom. The Morgan fingerprint density at radius 3 is 2.50 bits per heavy atom. The van der Waals surface area contributed by atoms with Gasteiger partial charge in [0.05, 0.1) is 28.2 Å². The van der Waals surface area contributed by atoms with Crippen LogP contribution in [0.25, 0.3) is 0 Å². The number of para-hydroxylation sites is 1. The van der Waals surface area contributed by atoms with E-state index in [0.717, 1.165) is 5.56 Å². The van der Waals surface area contributed by atoms with E-state index in [1.807, 2.05) is 19.1 Å². The fraction of sp³-hybridized carbons (Fsp3) is 0.0667. The van der Waals surface area contributed by atoms with Gasteiger partial charge in [-0.15, -0.1) is 0 Å². The number of nitrogens with one attached hydrogen (secondary N) is 1. The summed E-state index contributed by atoms with van der Waals surface area (Å²) in [5.41, 5.74) is 14.3. The first-order valence-corrected chi connectivity index (χ1v) is 5.99. The molecule has 0 fully saturated rings. The van der Waals surface area contributed by atoms with Gasteiger partial charge in [0.25, 0.3) is 5.91 Å². The van der Waals surface area contributed by atoms with E-state index < -0.39 is 5.91 Å². The summed E-state index contributed by atoms with van der Waals surface area (Å²) in [5.74, 6) is -0.587. The highest BCUT2D eigenvalue weighted by atomic mass is 16.1. The number of hydrogen-bond donors (Lipinski definition) is 3. The van der Waals surface area contributed by atoms with E-state index in [0.29, 0.717) is 16.9 Å². The maximum absolute atomic E-state index is 11.3. The molecule has 5 nitrogen and oxygen atoms in total. The van der Waals surface area contributed by atoms with Crippen LogP contribution in [0.2, 0.25) is 0 Å². The summed E-state index contributed by atoms with van der Waals surface area (Å²) in [7, 11) is 0. The van der Waals surface area contributed by atoms with Gasteiger partial charge in [-0.05, 0) is 30.7 Å². The molecule has 0 heterocycles. The number of nitriles is 1. The Kier molecular flexibility index (Phi) is 3.58. The number of carbonyl (C=O) groups is 1. The minimum absolute atomic E-state index is 0.251. The Hall–Kier alpha value is -3.00. The smallest absolute Gasteiger partial charge is 0.250 e. The van der Waals surface area contributed by atoms with E-state index in [9.17, 15) is 10.1 Å². The van der Waals surface area contributed by atoms with Crippen molar-refractivity contribution in [2.45, 2.75) is 6.92 Å².